The molecular weight excluding hydrogens is 381 g/mol. The zero-order valence-corrected chi connectivity index (χ0v) is 18.2. The fourth-order valence-electron chi connectivity index (χ4n) is 3.57. The molecule has 146 valence electrons. The van der Waals surface area contributed by atoms with Crippen molar-refractivity contribution in [2.75, 3.05) is 13.7 Å². The minimum Gasteiger partial charge on any atom is -0.386 e. The van der Waals surface area contributed by atoms with E-state index in [1.54, 1.807) is 27.0 Å². The van der Waals surface area contributed by atoms with Gasteiger partial charge in [0.2, 0.25) is 0 Å². The highest BCUT2D eigenvalue weighted by atomic mass is 31.0. The third-order valence-electron chi connectivity index (χ3n) is 5.31. The molecule has 1 aliphatic rings. The lowest BCUT2D eigenvalue weighted by atomic mass is 9.88. The van der Waals surface area contributed by atoms with Crippen LogP contribution in [0.2, 0.25) is 0 Å². The highest BCUT2D eigenvalue weighted by Gasteiger charge is 2.55. The summed E-state index contributed by atoms with van der Waals surface area (Å²) in [4.78, 5) is 4.85. The third kappa shape index (κ3) is 3.81. The standard InChI is InChI=1S/C20H27FN2O2P2/c1-19(2,24)14-9-16(20(10-22,25-3)13-8-15(13)21)23-17(18(14)27)11-4-6-12(26)7-5-11/h4-7,9,13,15,24H,8,10,22,26-27H2,1-3H3. The first-order chi connectivity index (χ1) is 12.6. The zero-order chi connectivity index (χ0) is 20.0. The summed E-state index contributed by atoms with van der Waals surface area (Å²) in [6, 6.07) is 9.71. The number of aromatic nitrogens is 1. The lowest BCUT2D eigenvalue weighted by Crippen LogP contribution is -2.42. The number of ether oxygens (including phenoxy) is 1. The van der Waals surface area contributed by atoms with E-state index in [1.165, 1.54) is 0 Å². The molecule has 1 aliphatic carbocycles. The van der Waals surface area contributed by atoms with Crippen molar-refractivity contribution in [3.05, 3.63) is 41.6 Å². The molecule has 3 N–H and O–H groups in total. The Morgan fingerprint density at radius 3 is 2.33 bits per heavy atom. The number of aliphatic hydroxyl groups is 1. The second kappa shape index (κ2) is 7.46. The Hall–Kier alpha value is -0.960. The van der Waals surface area contributed by atoms with Gasteiger partial charge in [-0.15, -0.1) is 18.5 Å². The van der Waals surface area contributed by atoms with Crippen molar-refractivity contribution < 1.29 is 14.2 Å². The fourth-order valence-corrected chi connectivity index (χ4v) is 4.43. The summed E-state index contributed by atoms with van der Waals surface area (Å²) < 4.78 is 19.8. The number of alkyl halides is 1. The number of benzene rings is 1. The molecule has 5 atom stereocenters. The Morgan fingerprint density at radius 1 is 1.30 bits per heavy atom. The van der Waals surface area contributed by atoms with Gasteiger partial charge in [-0.25, -0.2) is 9.37 Å². The molecule has 0 radical (unpaired) electrons. The van der Waals surface area contributed by atoms with Gasteiger partial charge >= 0.3 is 0 Å². The summed E-state index contributed by atoms with van der Waals surface area (Å²) >= 11 is 0. The minimum atomic E-state index is -1.10. The SMILES string of the molecule is COC(CN)(c1cc(C(C)(C)O)c(P)c(-c2ccc(P)cc2)n1)C1CC1F. The molecule has 1 aromatic heterocycles. The zero-order valence-electron chi connectivity index (χ0n) is 15.9. The molecule has 1 fully saturated rings. The molecule has 0 saturated heterocycles. The molecule has 0 aliphatic heterocycles. The number of hydrogen-bond donors (Lipinski definition) is 2. The van der Waals surface area contributed by atoms with Crippen LogP contribution in [0.15, 0.2) is 30.3 Å². The summed E-state index contributed by atoms with van der Waals surface area (Å²) in [7, 11) is 6.88. The van der Waals surface area contributed by atoms with Crippen LogP contribution in [0, 0.1) is 5.92 Å². The second-order valence-corrected chi connectivity index (χ2v) is 8.90. The van der Waals surface area contributed by atoms with Gasteiger partial charge in [-0.05, 0) is 37.2 Å². The maximum atomic E-state index is 14.0. The van der Waals surface area contributed by atoms with Crippen molar-refractivity contribution in [2.45, 2.75) is 37.6 Å². The monoisotopic (exact) mass is 408 g/mol. The van der Waals surface area contributed by atoms with Crippen LogP contribution in [0.25, 0.3) is 11.3 Å². The molecule has 5 unspecified atom stereocenters. The van der Waals surface area contributed by atoms with Crippen LogP contribution in [0.4, 0.5) is 4.39 Å². The van der Waals surface area contributed by atoms with Crippen molar-refractivity contribution in [3.63, 3.8) is 0 Å². The van der Waals surface area contributed by atoms with Crippen LogP contribution < -0.4 is 16.3 Å². The Bertz CT molecular complexity index is 833. The molecule has 3 rings (SSSR count). The van der Waals surface area contributed by atoms with E-state index in [2.05, 4.69) is 18.5 Å². The number of nitrogens with zero attached hydrogens (tertiary/aromatic N) is 1. The predicted octanol–water partition coefficient (Wildman–Crippen LogP) is 2.14. The number of methoxy groups -OCH3 is 1. The largest absolute Gasteiger partial charge is 0.386 e. The molecule has 1 heterocycles. The average Bonchev–Trinajstić information content (AvgIpc) is 3.34. The van der Waals surface area contributed by atoms with Crippen molar-refractivity contribution in [1.29, 1.82) is 0 Å². The summed E-state index contributed by atoms with van der Waals surface area (Å²) in [6.07, 6.45) is -0.541. The highest BCUT2D eigenvalue weighted by Crippen LogP contribution is 2.49. The predicted molar refractivity (Wildman–Crippen MR) is 114 cm³/mol. The van der Waals surface area contributed by atoms with E-state index < -0.39 is 17.4 Å². The molecule has 2 aromatic rings. The molecule has 0 bridgehead atoms. The van der Waals surface area contributed by atoms with Crippen LogP contribution in [0.5, 0.6) is 0 Å². The first kappa shape index (κ1) is 20.8. The van der Waals surface area contributed by atoms with Crippen LogP contribution in [0.1, 0.15) is 31.5 Å². The van der Waals surface area contributed by atoms with E-state index in [0.717, 1.165) is 16.2 Å². The number of rotatable bonds is 6. The summed E-state index contributed by atoms with van der Waals surface area (Å²) in [5.74, 6) is -0.327. The van der Waals surface area contributed by atoms with E-state index in [0.29, 0.717) is 23.4 Å². The lowest BCUT2D eigenvalue weighted by Gasteiger charge is -2.33. The minimum absolute atomic E-state index is 0.118. The van der Waals surface area contributed by atoms with Crippen molar-refractivity contribution in [2.24, 2.45) is 11.7 Å². The van der Waals surface area contributed by atoms with Gasteiger partial charge in [0.05, 0.1) is 17.0 Å². The van der Waals surface area contributed by atoms with E-state index in [-0.39, 0.29) is 12.5 Å². The maximum Gasteiger partial charge on any atom is 0.127 e. The topological polar surface area (TPSA) is 68.4 Å². The van der Waals surface area contributed by atoms with E-state index >= 15 is 0 Å². The first-order valence-corrected chi connectivity index (χ1v) is 10.1. The van der Waals surface area contributed by atoms with Gasteiger partial charge in [0, 0.05) is 30.4 Å². The highest BCUT2D eigenvalue weighted by molar-refractivity contribution is 7.28. The average molecular weight is 408 g/mol. The van der Waals surface area contributed by atoms with Gasteiger partial charge in [0.15, 0.2) is 0 Å². The first-order valence-electron chi connectivity index (χ1n) is 8.93. The van der Waals surface area contributed by atoms with Crippen molar-refractivity contribution in [1.82, 2.24) is 4.98 Å². The smallest absolute Gasteiger partial charge is 0.127 e. The summed E-state index contributed by atoms with van der Waals surface area (Å²) in [6.45, 7) is 3.57. The maximum absolute atomic E-state index is 14.0. The third-order valence-corrected chi connectivity index (χ3v) is 6.28. The Balaban J connectivity index is 2.26. The number of halogens is 1. The number of nitrogens with two attached hydrogens (primary N) is 1. The molecule has 1 saturated carbocycles. The Morgan fingerprint density at radius 2 is 1.89 bits per heavy atom. The lowest BCUT2D eigenvalue weighted by molar-refractivity contribution is -0.0362. The molecule has 27 heavy (non-hydrogen) atoms. The van der Waals surface area contributed by atoms with Gasteiger partial charge in [0.25, 0.3) is 0 Å². The molecule has 0 amide bonds. The van der Waals surface area contributed by atoms with Crippen LogP contribution in [-0.2, 0) is 15.9 Å². The molecule has 1 aromatic carbocycles. The van der Waals surface area contributed by atoms with Crippen molar-refractivity contribution in [3.8, 4) is 11.3 Å². The van der Waals surface area contributed by atoms with E-state index in [4.69, 9.17) is 15.5 Å². The molecule has 4 nitrogen and oxygen atoms in total. The van der Waals surface area contributed by atoms with Crippen LogP contribution in [-0.4, -0.2) is 29.9 Å². The van der Waals surface area contributed by atoms with Crippen LogP contribution in [0.3, 0.4) is 0 Å². The number of hydrogen-bond acceptors (Lipinski definition) is 4. The Kier molecular flexibility index (Phi) is 5.74. The van der Waals surface area contributed by atoms with Gasteiger partial charge in [-0.2, -0.15) is 0 Å². The van der Waals surface area contributed by atoms with Gasteiger partial charge < -0.3 is 15.6 Å². The van der Waals surface area contributed by atoms with Crippen LogP contribution >= 0.6 is 18.5 Å². The molecular formula is C20H27FN2O2P2. The van der Waals surface area contributed by atoms with E-state index in [1.807, 2.05) is 24.3 Å². The quantitative estimate of drug-likeness (QED) is 0.719. The summed E-state index contributed by atoms with van der Waals surface area (Å²) in [5.41, 5.74) is 6.84. The van der Waals surface area contributed by atoms with Crippen molar-refractivity contribution >= 4 is 29.1 Å². The van der Waals surface area contributed by atoms with Gasteiger partial charge in [0.1, 0.15) is 11.8 Å². The second-order valence-electron chi connectivity index (χ2n) is 7.65. The number of pyridine rings is 1. The Labute approximate surface area is 164 Å². The molecule has 7 heteroatoms. The molecule has 0 spiro atoms. The fraction of sp³-hybridized carbons (Fsp3) is 0.450. The summed E-state index contributed by atoms with van der Waals surface area (Å²) in [5, 5.41) is 12.6. The van der Waals surface area contributed by atoms with E-state index in [9.17, 15) is 9.50 Å². The van der Waals surface area contributed by atoms with Gasteiger partial charge in [-0.1, -0.05) is 24.3 Å². The normalized spacial score (nSPS) is 21.8. The van der Waals surface area contributed by atoms with Gasteiger partial charge in [-0.3, -0.25) is 0 Å².